The van der Waals surface area contributed by atoms with Gasteiger partial charge in [-0.25, -0.2) is 9.80 Å². The molecule has 5 nitrogen and oxygen atoms in total. The van der Waals surface area contributed by atoms with Crippen LogP contribution >= 0.6 is 23.2 Å². The molecule has 1 atom stereocenters. The van der Waals surface area contributed by atoms with Crippen LogP contribution in [0, 0.1) is 0 Å². The first-order chi connectivity index (χ1) is 20.3. The van der Waals surface area contributed by atoms with Gasteiger partial charge in [-0.3, -0.25) is 0 Å². The van der Waals surface area contributed by atoms with E-state index in [0.717, 1.165) is 29.3 Å². The Morgan fingerprint density at radius 3 is 2.05 bits per heavy atom. The van der Waals surface area contributed by atoms with Crippen molar-refractivity contribution in [2.24, 2.45) is 5.10 Å². The molecule has 4 aromatic rings. The molecule has 5 rings (SSSR count). The topological polar surface area (TPSA) is 53.9 Å². The molecule has 2 amide bonds. The van der Waals surface area contributed by atoms with Crippen LogP contribution in [-0.2, 0) is 11.6 Å². The average Bonchev–Trinajstić information content (AvgIpc) is 3.35. The van der Waals surface area contributed by atoms with Crippen LogP contribution in [0.2, 0.25) is 10.0 Å². The van der Waals surface area contributed by atoms with Crippen molar-refractivity contribution in [1.29, 1.82) is 0 Å². The fourth-order valence-corrected chi connectivity index (χ4v) is 5.28. The summed E-state index contributed by atoms with van der Waals surface area (Å²) in [5, 5.41) is 8.15. The van der Waals surface area contributed by atoms with Crippen molar-refractivity contribution in [2.75, 3.05) is 11.9 Å². The molecule has 0 saturated heterocycles. The Bertz CT molecular complexity index is 1660. The number of nitrogens with zero attached hydrogens (tertiary/aromatic N) is 2. The minimum Gasteiger partial charge on any atom is -0.406 e. The summed E-state index contributed by atoms with van der Waals surface area (Å²) < 4.78 is 82.0. The Morgan fingerprint density at radius 1 is 0.837 bits per heavy atom. The zero-order valence-electron chi connectivity index (χ0n) is 21.7. The first-order valence-corrected chi connectivity index (χ1v) is 13.2. The highest BCUT2D eigenvalue weighted by atomic mass is 35.5. The summed E-state index contributed by atoms with van der Waals surface area (Å²) in [6.07, 6.45) is -9.57. The number of amides is 2. The van der Waals surface area contributed by atoms with Gasteiger partial charge in [-0.1, -0.05) is 71.7 Å². The molecule has 1 aliphatic heterocycles. The van der Waals surface area contributed by atoms with E-state index in [2.05, 4.69) is 15.2 Å². The Hall–Kier alpha value is -4.22. The first-order valence-electron chi connectivity index (χ1n) is 12.5. The maximum atomic E-state index is 13.5. The smallest absolute Gasteiger partial charge is 0.406 e. The lowest BCUT2D eigenvalue weighted by Gasteiger charge is -2.32. The van der Waals surface area contributed by atoms with Gasteiger partial charge in [0, 0.05) is 16.3 Å². The molecule has 0 saturated carbocycles. The summed E-state index contributed by atoms with van der Waals surface area (Å²) >= 11 is 12.3. The molecule has 0 aliphatic carbocycles. The Morgan fingerprint density at radius 2 is 1.47 bits per heavy atom. The highest BCUT2D eigenvalue weighted by molar-refractivity contribution is 6.32. The molecule has 4 aromatic carbocycles. The van der Waals surface area contributed by atoms with Crippen molar-refractivity contribution in [2.45, 2.75) is 18.0 Å². The number of hydrogen-bond acceptors (Lipinski definition) is 3. The fraction of sp³-hybridized carbons (Fsp3) is 0.133. The largest absolute Gasteiger partial charge is 0.573 e. The van der Waals surface area contributed by atoms with E-state index in [1.807, 2.05) is 0 Å². The molecule has 0 radical (unpaired) electrons. The SMILES string of the molecule is O=C(Nc1ccc(OC(F)(F)F)cc1)N1CC(c2ccccc2)(c2ccc(Cl)cc2)C(c2ccc(C(F)(F)F)c(Cl)c2)=N1. The van der Waals surface area contributed by atoms with Crippen LogP contribution in [0.25, 0.3) is 0 Å². The molecule has 0 fully saturated rings. The quantitative estimate of drug-likeness (QED) is 0.222. The van der Waals surface area contributed by atoms with E-state index in [-0.39, 0.29) is 23.5 Å². The molecule has 222 valence electrons. The molecule has 0 bridgehead atoms. The summed E-state index contributed by atoms with van der Waals surface area (Å²) in [5.41, 5.74) is -0.269. The number of carbonyl (C=O) groups excluding carboxylic acids is 1. The molecule has 0 spiro atoms. The second kappa shape index (κ2) is 11.5. The summed E-state index contributed by atoms with van der Waals surface area (Å²) in [7, 11) is 0. The van der Waals surface area contributed by atoms with E-state index < -0.39 is 40.3 Å². The van der Waals surface area contributed by atoms with Crippen LogP contribution < -0.4 is 10.1 Å². The molecule has 0 aromatic heterocycles. The van der Waals surface area contributed by atoms with Crippen molar-refractivity contribution in [3.05, 3.63) is 129 Å². The number of benzene rings is 4. The monoisotopic (exact) mass is 637 g/mol. The van der Waals surface area contributed by atoms with Crippen molar-refractivity contribution in [3.8, 4) is 5.75 Å². The van der Waals surface area contributed by atoms with Gasteiger partial charge in [0.2, 0.25) is 0 Å². The van der Waals surface area contributed by atoms with E-state index in [4.69, 9.17) is 23.2 Å². The molecule has 1 unspecified atom stereocenters. The minimum absolute atomic E-state index is 0.0896. The molecule has 1 aliphatic rings. The molecular weight excluding hydrogens is 619 g/mol. The zero-order chi connectivity index (χ0) is 31.0. The van der Waals surface area contributed by atoms with Gasteiger partial charge in [0.25, 0.3) is 0 Å². The number of urea groups is 1. The molecular formula is C30H19Cl2F6N3O2. The Kier molecular flexibility index (Phi) is 8.06. The van der Waals surface area contributed by atoms with Crippen LogP contribution in [0.3, 0.4) is 0 Å². The van der Waals surface area contributed by atoms with Crippen LogP contribution in [0.15, 0.2) is 102 Å². The minimum atomic E-state index is -4.88. The van der Waals surface area contributed by atoms with E-state index in [1.54, 1.807) is 54.6 Å². The van der Waals surface area contributed by atoms with Crippen LogP contribution in [0.1, 0.15) is 22.3 Å². The zero-order valence-corrected chi connectivity index (χ0v) is 23.2. The van der Waals surface area contributed by atoms with Gasteiger partial charge in [0.1, 0.15) is 5.75 Å². The number of nitrogens with one attached hydrogen (secondary N) is 1. The predicted molar refractivity (Wildman–Crippen MR) is 151 cm³/mol. The number of anilines is 1. The van der Waals surface area contributed by atoms with Gasteiger partial charge in [-0.15, -0.1) is 13.2 Å². The lowest BCUT2D eigenvalue weighted by Crippen LogP contribution is -2.42. The lowest BCUT2D eigenvalue weighted by molar-refractivity contribution is -0.274. The third-order valence-electron chi connectivity index (χ3n) is 6.74. The van der Waals surface area contributed by atoms with Gasteiger partial charge in [0.15, 0.2) is 0 Å². The normalized spacial score (nSPS) is 17.0. The Labute approximate surface area is 251 Å². The van der Waals surface area contributed by atoms with Gasteiger partial charge < -0.3 is 10.1 Å². The predicted octanol–water partition coefficient (Wildman–Crippen LogP) is 9.15. The average molecular weight is 638 g/mol. The number of rotatable bonds is 5. The number of halogens is 8. The van der Waals surface area contributed by atoms with Crippen LogP contribution in [0.4, 0.5) is 36.8 Å². The van der Waals surface area contributed by atoms with Crippen molar-refractivity contribution >= 4 is 40.6 Å². The van der Waals surface area contributed by atoms with Gasteiger partial charge in [0.05, 0.1) is 28.3 Å². The van der Waals surface area contributed by atoms with E-state index >= 15 is 0 Å². The van der Waals surface area contributed by atoms with Crippen molar-refractivity contribution in [1.82, 2.24) is 5.01 Å². The molecule has 43 heavy (non-hydrogen) atoms. The highest BCUT2D eigenvalue weighted by Gasteiger charge is 2.48. The standard InChI is InChI=1S/C30H19Cl2F6N3O2/c31-21-9-7-20(8-10-21)28(19-4-2-1-3-5-19)17-41(27(42)39-22-11-13-23(14-12-22)43-30(36,37)38)40-26(28)18-6-15-24(25(32)16-18)29(33,34)35/h1-16H,17H2,(H,39,42). The number of carbonyl (C=O) groups is 1. The van der Waals surface area contributed by atoms with Gasteiger partial charge in [-0.05, 0) is 59.7 Å². The van der Waals surface area contributed by atoms with Crippen LogP contribution in [-0.4, -0.2) is 29.7 Å². The van der Waals surface area contributed by atoms with Crippen molar-refractivity contribution < 1.29 is 35.9 Å². The number of ether oxygens (including phenoxy) is 1. The summed E-state index contributed by atoms with van der Waals surface area (Å²) in [4.78, 5) is 13.5. The molecule has 13 heteroatoms. The van der Waals surface area contributed by atoms with E-state index in [0.29, 0.717) is 16.1 Å². The second-order valence-electron chi connectivity index (χ2n) is 9.48. The number of hydrogen-bond donors (Lipinski definition) is 1. The lowest BCUT2D eigenvalue weighted by atomic mass is 9.69. The number of alkyl halides is 6. The highest BCUT2D eigenvalue weighted by Crippen LogP contribution is 2.43. The van der Waals surface area contributed by atoms with Gasteiger partial charge >= 0.3 is 18.6 Å². The maximum Gasteiger partial charge on any atom is 0.573 e. The summed E-state index contributed by atoms with van der Waals surface area (Å²) in [5.74, 6) is -0.475. The van der Waals surface area contributed by atoms with Gasteiger partial charge in [-0.2, -0.15) is 18.3 Å². The van der Waals surface area contributed by atoms with Crippen molar-refractivity contribution in [3.63, 3.8) is 0 Å². The molecule has 1 N–H and O–H groups in total. The first kappa shape index (κ1) is 30.2. The third kappa shape index (κ3) is 6.42. The van der Waals surface area contributed by atoms with E-state index in [9.17, 15) is 31.1 Å². The Balaban J connectivity index is 1.59. The molecule has 1 heterocycles. The maximum absolute atomic E-state index is 13.5. The van der Waals surface area contributed by atoms with E-state index in [1.165, 1.54) is 18.2 Å². The second-order valence-corrected chi connectivity index (χ2v) is 10.3. The summed E-state index contributed by atoms with van der Waals surface area (Å²) in [6, 6.07) is 22.7. The fourth-order valence-electron chi connectivity index (χ4n) is 4.86. The van der Waals surface area contributed by atoms with Crippen LogP contribution in [0.5, 0.6) is 5.75 Å². The number of hydrazone groups is 1. The third-order valence-corrected chi connectivity index (χ3v) is 7.30. The summed E-state index contributed by atoms with van der Waals surface area (Å²) in [6.45, 7) is -0.0896.